The number of halogens is 1. The van der Waals surface area contributed by atoms with Crippen LogP contribution in [0.3, 0.4) is 0 Å². The van der Waals surface area contributed by atoms with Gasteiger partial charge in [-0.05, 0) is 31.0 Å². The molecule has 0 fully saturated rings. The van der Waals surface area contributed by atoms with Crippen LogP contribution in [0.25, 0.3) is 11.5 Å². The van der Waals surface area contributed by atoms with Gasteiger partial charge in [0.1, 0.15) is 0 Å². The molecule has 1 atom stereocenters. The molecule has 0 spiro atoms. The van der Waals surface area contributed by atoms with E-state index in [-0.39, 0.29) is 18.3 Å². The van der Waals surface area contributed by atoms with Crippen molar-refractivity contribution in [2.75, 3.05) is 6.54 Å². The molecule has 0 radical (unpaired) electrons. The summed E-state index contributed by atoms with van der Waals surface area (Å²) >= 11 is 0. The Balaban J connectivity index is 0.00000242. The molecule has 0 saturated carbocycles. The van der Waals surface area contributed by atoms with Crippen LogP contribution < -0.4 is 11.1 Å². The lowest BCUT2D eigenvalue weighted by Gasteiger charge is -2.07. The fraction of sp³-hybridized carbons (Fsp3) is 0.400. The van der Waals surface area contributed by atoms with Crippen molar-refractivity contribution in [2.45, 2.75) is 32.7 Å². The molecule has 2 aromatic rings. The molecule has 2 rings (SSSR count). The molecule has 22 heavy (non-hydrogen) atoms. The number of aryl methyl sites for hydroxylation is 1. The van der Waals surface area contributed by atoms with Crippen molar-refractivity contribution in [2.24, 2.45) is 5.73 Å². The number of rotatable bonds is 6. The maximum atomic E-state index is 11.3. The van der Waals surface area contributed by atoms with Gasteiger partial charge in [-0.15, -0.1) is 12.4 Å². The van der Waals surface area contributed by atoms with Crippen LogP contribution in [0.5, 0.6) is 0 Å². The van der Waals surface area contributed by atoms with Gasteiger partial charge in [0.2, 0.25) is 5.91 Å². The standard InChI is InChI=1S/C15H20N4O2.ClH/c1-3-13-18-15(21-19-13)12-6-4-11(5-7-12)8-9-17-14(20)10(2)16;/h4-7,10H,3,8-9,16H2,1-2H3,(H,17,20);1H/t10-;/m0./s1. The monoisotopic (exact) mass is 324 g/mol. The zero-order chi connectivity index (χ0) is 15.2. The summed E-state index contributed by atoms with van der Waals surface area (Å²) in [5.74, 6) is 1.10. The molecule has 7 heteroatoms. The zero-order valence-electron chi connectivity index (χ0n) is 12.7. The number of carbonyl (C=O) groups is 1. The summed E-state index contributed by atoms with van der Waals surface area (Å²) in [7, 11) is 0. The number of amides is 1. The summed E-state index contributed by atoms with van der Waals surface area (Å²) in [6.45, 7) is 4.22. The van der Waals surface area contributed by atoms with Crippen LogP contribution in [-0.4, -0.2) is 28.6 Å². The Labute approximate surface area is 135 Å². The smallest absolute Gasteiger partial charge is 0.257 e. The van der Waals surface area contributed by atoms with Gasteiger partial charge in [-0.2, -0.15) is 4.98 Å². The fourth-order valence-corrected chi connectivity index (χ4v) is 1.82. The molecule has 6 nitrogen and oxygen atoms in total. The van der Waals surface area contributed by atoms with Gasteiger partial charge in [0.25, 0.3) is 5.89 Å². The first kappa shape index (κ1) is 18.1. The molecule has 0 unspecified atom stereocenters. The Morgan fingerprint density at radius 1 is 1.36 bits per heavy atom. The molecule has 3 N–H and O–H groups in total. The van der Waals surface area contributed by atoms with Crippen molar-refractivity contribution in [3.05, 3.63) is 35.7 Å². The van der Waals surface area contributed by atoms with Crippen molar-refractivity contribution in [1.29, 1.82) is 0 Å². The maximum absolute atomic E-state index is 11.3. The molecule has 0 saturated heterocycles. The summed E-state index contributed by atoms with van der Waals surface area (Å²) in [6.07, 6.45) is 1.50. The molecule has 1 aromatic carbocycles. The summed E-state index contributed by atoms with van der Waals surface area (Å²) in [5.41, 5.74) is 7.50. The third-order valence-electron chi connectivity index (χ3n) is 3.11. The van der Waals surface area contributed by atoms with Gasteiger partial charge in [0, 0.05) is 18.5 Å². The Hall–Kier alpha value is -1.92. The lowest BCUT2D eigenvalue weighted by Crippen LogP contribution is -2.39. The molecule has 1 amide bonds. The number of hydrogen-bond acceptors (Lipinski definition) is 5. The van der Waals surface area contributed by atoms with Crippen LogP contribution >= 0.6 is 12.4 Å². The number of hydrogen-bond donors (Lipinski definition) is 2. The topological polar surface area (TPSA) is 94.0 Å². The molecule has 1 heterocycles. The predicted octanol–water partition coefficient (Wildman–Crippen LogP) is 1.73. The average Bonchev–Trinajstić information content (AvgIpc) is 2.96. The lowest BCUT2D eigenvalue weighted by molar-refractivity contribution is -0.121. The third-order valence-corrected chi connectivity index (χ3v) is 3.11. The van der Waals surface area contributed by atoms with Gasteiger partial charge < -0.3 is 15.6 Å². The van der Waals surface area contributed by atoms with E-state index in [0.29, 0.717) is 18.3 Å². The van der Waals surface area contributed by atoms with Gasteiger partial charge in [-0.25, -0.2) is 0 Å². The molecular weight excluding hydrogens is 304 g/mol. The van der Waals surface area contributed by atoms with Crippen LogP contribution in [0.2, 0.25) is 0 Å². The SMILES string of the molecule is CCc1noc(-c2ccc(CCNC(=O)[C@H](C)N)cc2)n1.Cl. The predicted molar refractivity (Wildman–Crippen MR) is 86.7 cm³/mol. The first-order chi connectivity index (χ1) is 10.1. The van der Waals surface area contributed by atoms with Gasteiger partial charge >= 0.3 is 0 Å². The summed E-state index contributed by atoms with van der Waals surface area (Å²) in [5, 5.41) is 6.66. The minimum atomic E-state index is -0.474. The minimum Gasteiger partial charge on any atom is -0.354 e. The van der Waals surface area contributed by atoms with E-state index in [2.05, 4.69) is 15.5 Å². The number of benzene rings is 1. The minimum absolute atomic E-state index is 0. The van der Waals surface area contributed by atoms with Gasteiger partial charge in [-0.1, -0.05) is 24.2 Å². The highest BCUT2D eigenvalue weighted by Crippen LogP contribution is 2.18. The zero-order valence-corrected chi connectivity index (χ0v) is 13.5. The van der Waals surface area contributed by atoms with E-state index in [1.807, 2.05) is 31.2 Å². The highest BCUT2D eigenvalue weighted by Gasteiger charge is 2.08. The van der Waals surface area contributed by atoms with E-state index >= 15 is 0 Å². The quantitative estimate of drug-likeness (QED) is 0.844. The molecule has 1 aromatic heterocycles. The van der Waals surface area contributed by atoms with Crippen LogP contribution in [0.15, 0.2) is 28.8 Å². The summed E-state index contributed by atoms with van der Waals surface area (Å²) in [4.78, 5) is 15.6. The van der Waals surface area contributed by atoms with E-state index in [9.17, 15) is 4.79 Å². The molecule has 0 aliphatic heterocycles. The van der Waals surface area contributed by atoms with Crippen LogP contribution in [0.1, 0.15) is 25.2 Å². The molecule has 0 bridgehead atoms. The van der Waals surface area contributed by atoms with Crippen molar-refractivity contribution in [1.82, 2.24) is 15.5 Å². The normalized spacial score (nSPS) is 11.6. The van der Waals surface area contributed by atoms with Gasteiger partial charge in [-0.3, -0.25) is 4.79 Å². The Morgan fingerprint density at radius 2 is 2.05 bits per heavy atom. The van der Waals surface area contributed by atoms with E-state index in [1.165, 1.54) is 0 Å². The molecule has 120 valence electrons. The largest absolute Gasteiger partial charge is 0.354 e. The molecule has 0 aliphatic carbocycles. The highest BCUT2D eigenvalue weighted by atomic mass is 35.5. The van der Waals surface area contributed by atoms with Crippen molar-refractivity contribution < 1.29 is 9.32 Å². The Morgan fingerprint density at radius 3 is 2.59 bits per heavy atom. The Bertz CT molecular complexity index is 596. The second-order valence-electron chi connectivity index (χ2n) is 4.90. The first-order valence-corrected chi connectivity index (χ1v) is 7.05. The van der Waals surface area contributed by atoms with Gasteiger partial charge in [0.15, 0.2) is 5.82 Å². The summed E-state index contributed by atoms with van der Waals surface area (Å²) < 4.78 is 5.19. The van der Waals surface area contributed by atoms with E-state index in [0.717, 1.165) is 24.0 Å². The number of carbonyl (C=O) groups excluding carboxylic acids is 1. The molecule has 0 aliphatic rings. The number of nitrogens with one attached hydrogen (secondary N) is 1. The van der Waals surface area contributed by atoms with Crippen LogP contribution in [0.4, 0.5) is 0 Å². The third kappa shape index (κ3) is 4.82. The van der Waals surface area contributed by atoms with E-state index in [4.69, 9.17) is 10.3 Å². The van der Waals surface area contributed by atoms with E-state index in [1.54, 1.807) is 6.92 Å². The number of aromatic nitrogens is 2. The maximum Gasteiger partial charge on any atom is 0.257 e. The van der Waals surface area contributed by atoms with Crippen LogP contribution in [-0.2, 0) is 17.6 Å². The van der Waals surface area contributed by atoms with Crippen molar-refractivity contribution >= 4 is 18.3 Å². The fourth-order valence-electron chi connectivity index (χ4n) is 1.82. The van der Waals surface area contributed by atoms with Crippen molar-refractivity contribution in [3.8, 4) is 11.5 Å². The number of nitrogens with two attached hydrogens (primary N) is 1. The average molecular weight is 325 g/mol. The van der Waals surface area contributed by atoms with Crippen molar-refractivity contribution in [3.63, 3.8) is 0 Å². The van der Waals surface area contributed by atoms with Crippen LogP contribution in [0, 0.1) is 0 Å². The lowest BCUT2D eigenvalue weighted by atomic mass is 10.1. The Kier molecular flexibility index (Phi) is 7.01. The molecular formula is C15H21ClN4O2. The van der Waals surface area contributed by atoms with Gasteiger partial charge in [0.05, 0.1) is 6.04 Å². The highest BCUT2D eigenvalue weighted by molar-refractivity contribution is 5.85. The summed E-state index contributed by atoms with van der Waals surface area (Å²) in [6, 6.07) is 7.38. The van der Waals surface area contributed by atoms with E-state index < -0.39 is 6.04 Å². The second-order valence-corrected chi connectivity index (χ2v) is 4.90. The second kappa shape index (κ2) is 8.51. The first-order valence-electron chi connectivity index (χ1n) is 7.05. The number of nitrogens with zero attached hydrogens (tertiary/aromatic N) is 2.